The summed E-state index contributed by atoms with van der Waals surface area (Å²) in [5.41, 5.74) is 0.245. The van der Waals surface area contributed by atoms with Gasteiger partial charge in [0.2, 0.25) is 0 Å². The number of carbonyl (C=O) groups is 1. The van der Waals surface area contributed by atoms with E-state index in [1.165, 1.54) is 0 Å². The normalized spacial score (nSPS) is 10.5. The van der Waals surface area contributed by atoms with E-state index in [-0.39, 0.29) is 30.7 Å². The zero-order chi connectivity index (χ0) is 8.20. The van der Waals surface area contributed by atoms with Crippen LogP contribution >= 0.6 is 0 Å². The Bertz CT molecular complexity index is 116. The minimum Gasteiger partial charge on any atom is -0.550 e. The van der Waals surface area contributed by atoms with Crippen LogP contribution in [-0.2, 0) is 4.79 Å². The van der Waals surface area contributed by atoms with E-state index in [0.29, 0.717) is 0 Å². The van der Waals surface area contributed by atoms with Gasteiger partial charge >= 0.3 is 18.9 Å². The van der Waals surface area contributed by atoms with Gasteiger partial charge in [-0.25, -0.2) is 0 Å². The van der Waals surface area contributed by atoms with Gasteiger partial charge in [0.05, 0.1) is 0 Å². The minimum absolute atomic E-state index is 0. The number of rotatable bonds is 3. The second-order valence-corrected chi connectivity index (χ2v) is 3.79. The molecule has 0 amide bonds. The quantitative estimate of drug-likeness (QED) is 0.435. The van der Waals surface area contributed by atoms with Crippen LogP contribution in [0, 0.1) is 5.41 Å². The van der Waals surface area contributed by atoms with Gasteiger partial charge in [-0.3, -0.25) is 0 Å². The number of aliphatic carboxylic acids is 1. The SMILES string of the molecule is CC(C)(C)CCCC(=O)[O-].[Li+]. The molecule has 0 saturated carbocycles. The standard InChI is InChI=1S/C8H16O2.Li/c1-8(2,3)6-4-5-7(9)10;/h4-6H2,1-3H3,(H,9,10);/q;+1/p-1. The molecule has 0 bridgehead atoms. The van der Waals surface area contributed by atoms with Gasteiger partial charge < -0.3 is 9.90 Å². The van der Waals surface area contributed by atoms with Crippen molar-refractivity contribution in [1.29, 1.82) is 0 Å². The fourth-order valence-corrected chi connectivity index (χ4v) is 0.763. The van der Waals surface area contributed by atoms with Crippen molar-refractivity contribution in [2.45, 2.75) is 40.0 Å². The summed E-state index contributed by atoms with van der Waals surface area (Å²) in [5.74, 6) is -0.941. The first-order chi connectivity index (χ1) is 4.42. The molecule has 0 aromatic carbocycles. The molecule has 0 spiro atoms. The number of carbonyl (C=O) groups excluding carboxylic acids is 1. The summed E-state index contributed by atoms with van der Waals surface area (Å²) >= 11 is 0. The van der Waals surface area contributed by atoms with E-state index in [2.05, 4.69) is 20.8 Å². The van der Waals surface area contributed by atoms with Crippen LogP contribution in [-0.4, -0.2) is 5.97 Å². The zero-order valence-corrected chi connectivity index (χ0v) is 7.94. The van der Waals surface area contributed by atoms with Crippen LogP contribution in [0.1, 0.15) is 40.0 Å². The average molecular weight is 150 g/mol. The van der Waals surface area contributed by atoms with Gasteiger partial charge in [0.25, 0.3) is 0 Å². The number of carboxylic acid groups (broad SMARTS) is 1. The summed E-state index contributed by atoms with van der Waals surface area (Å²) in [6.45, 7) is 6.30. The van der Waals surface area contributed by atoms with Crippen LogP contribution in [0.25, 0.3) is 0 Å². The summed E-state index contributed by atoms with van der Waals surface area (Å²) in [4.78, 5) is 9.97. The van der Waals surface area contributed by atoms with Crippen molar-refractivity contribution in [3.8, 4) is 0 Å². The summed E-state index contributed by atoms with van der Waals surface area (Å²) in [6.07, 6.45) is 1.87. The van der Waals surface area contributed by atoms with Crippen molar-refractivity contribution >= 4 is 5.97 Å². The number of hydrogen-bond donors (Lipinski definition) is 0. The average Bonchev–Trinajstić information content (AvgIpc) is 1.59. The number of carboxylic acids is 1. The van der Waals surface area contributed by atoms with Gasteiger partial charge in [0.15, 0.2) is 0 Å². The van der Waals surface area contributed by atoms with Gasteiger partial charge in [0.1, 0.15) is 0 Å². The molecule has 0 N–H and O–H groups in total. The van der Waals surface area contributed by atoms with Crippen molar-refractivity contribution in [1.82, 2.24) is 0 Å². The molecule has 2 nitrogen and oxygen atoms in total. The fourth-order valence-electron chi connectivity index (χ4n) is 0.763. The third kappa shape index (κ3) is 13.1. The monoisotopic (exact) mass is 150 g/mol. The van der Waals surface area contributed by atoms with Crippen molar-refractivity contribution in [2.75, 3.05) is 0 Å². The molecule has 0 aromatic rings. The van der Waals surface area contributed by atoms with Crippen LogP contribution in [0.2, 0.25) is 0 Å². The summed E-state index contributed by atoms with van der Waals surface area (Å²) in [5, 5.41) is 9.97. The fraction of sp³-hybridized carbons (Fsp3) is 0.875. The minimum atomic E-state index is -0.941. The summed E-state index contributed by atoms with van der Waals surface area (Å²) in [6, 6.07) is 0. The Labute approximate surface area is 80.5 Å². The van der Waals surface area contributed by atoms with Crippen molar-refractivity contribution < 1.29 is 28.8 Å². The smallest absolute Gasteiger partial charge is 0.550 e. The van der Waals surface area contributed by atoms with Crippen molar-refractivity contribution in [2.24, 2.45) is 5.41 Å². The molecule has 0 radical (unpaired) electrons. The van der Waals surface area contributed by atoms with Gasteiger partial charge in [-0.2, -0.15) is 0 Å². The molecule has 0 unspecified atom stereocenters. The predicted octanol–water partition coefficient (Wildman–Crippen LogP) is -2.04. The molecule has 0 rings (SSSR count). The maximum absolute atomic E-state index is 9.97. The second-order valence-electron chi connectivity index (χ2n) is 3.79. The van der Waals surface area contributed by atoms with Crippen LogP contribution in [0.5, 0.6) is 0 Å². The Kier molecular flexibility index (Phi) is 7.05. The first kappa shape index (κ1) is 13.6. The van der Waals surface area contributed by atoms with E-state index in [9.17, 15) is 9.90 Å². The Morgan fingerprint density at radius 3 is 2.09 bits per heavy atom. The zero-order valence-electron chi connectivity index (χ0n) is 7.94. The maximum Gasteiger partial charge on any atom is 1.00 e. The molecule has 0 heterocycles. The second kappa shape index (κ2) is 5.68. The molecule has 0 atom stereocenters. The van der Waals surface area contributed by atoms with Crippen LogP contribution in [0.15, 0.2) is 0 Å². The molecule has 0 fully saturated rings. The predicted molar refractivity (Wildman–Crippen MR) is 38.3 cm³/mol. The van der Waals surface area contributed by atoms with Gasteiger partial charge in [-0.15, -0.1) is 0 Å². The van der Waals surface area contributed by atoms with Crippen LogP contribution in [0.3, 0.4) is 0 Å². The molecule has 0 saturated heterocycles. The van der Waals surface area contributed by atoms with Crippen LogP contribution < -0.4 is 24.0 Å². The molecular weight excluding hydrogens is 135 g/mol. The number of hydrogen-bond acceptors (Lipinski definition) is 2. The van der Waals surface area contributed by atoms with Crippen LogP contribution in [0.4, 0.5) is 0 Å². The maximum atomic E-state index is 9.97. The molecule has 0 aromatic heterocycles. The third-order valence-corrected chi connectivity index (χ3v) is 1.31. The first-order valence-corrected chi connectivity index (χ1v) is 3.62. The van der Waals surface area contributed by atoms with E-state index < -0.39 is 5.97 Å². The van der Waals surface area contributed by atoms with Crippen molar-refractivity contribution in [3.05, 3.63) is 0 Å². The van der Waals surface area contributed by atoms with Gasteiger partial charge in [-0.05, 0) is 24.7 Å². The van der Waals surface area contributed by atoms with E-state index >= 15 is 0 Å². The Morgan fingerprint density at radius 1 is 1.36 bits per heavy atom. The van der Waals surface area contributed by atoms with Gasteiger partial charge in [-0.1, -0.05) is 20.8 Å². The summed E-state index contributed by atoms with van der Waals surface area (Å²) in [7, 11) is 0. The van der Waals surface area contributed by atoms with E-state index in [1.807, 2.05) is 0 Å². The van der Waals surface area contributed by atoms with Gasteiger partial charge in [0, 0.05) is 5.97 Å². The molecular formula is C8H15LiO2. The molecule has 11 heavy (non-hydrogen) atoms. The molecule has 3 heteroatoms. The molecule has 0 aliphatic rings. The Hall–Kier alpha value is 0.0674. The third-order valence-electron chi connectivity index (χ3n) is 1.31. The topological polar surface area (TPSA) is 40.1 Å². The molecule has 60 valence electrons. The van der Waals surface area contributed by atoms with E-state index in [1.54, 1.807) is 0 Å². The van der Waals surface area contributed by atoms with E-state index in [0.717, 1.165) is 12.8 Å². The van der Waals surface area contributed by atoms with E-state index in [4.69, 9.17) is 0 Å². The Morgan fingerprint density at radius 2 is 1.82 bits per heavy atom. The largest absolute Gasteiger partial charge is 1.00 e. The molecule has 0 aliphatic heterocycles. The Balaban J connectivity index is 0. The summed E-state index contributed by atoms with van der Waals surface area (Å²) < 4.78 is 0. The van der Waals surface area contributed by atoms with Crippen molar-refractivity contribution in [3.63, 3.8) is 0 Å². The molecule has 0 aliphatic carbocycles. The first-order valence-electron chi connectivity index (χ1n) is 3.62.